The van der Waals surface area contributed by atoms with Gasteiger partial charge in [0.15, 0.2) is 0 Å². The van der Waals surface area contributed by atoms with Crippen molar-refractivity contribution in [1.29, 1.82) is 0 Å². The summed E-state index contributed by atoms with van der Waals surface area (Å²) in [6, 6.07) is 1.71. The Balaban J connectivity index is 2.93. The lowest BCUT2D eigenvalue weighted by atomic mass is 10.2. The summed E-state index contributed by atoms with van der Waals surface area (Å²) >= 11 is 1.41. The molecule has 0 radical (unpaired) electrons. The van der Waals surface area contributed by atoms with Crippen LogP contribution < -0.4 is 5.84 Å². The Labute approximate surface area is 80.0 Å². The number of rotatable bonds is 2. The minimum atomic E-state index is -0.340. The van der Waals surface area contributed by atoms with E-state index in [2.05, 4.69) is 9.84 Å². The van der Waals surface area contributed by atoms with Crippen molar-refractivity contribution in [1.82, 2.24) is 0 Å². The lowest BCUT2D eigenvalue weighted by molar-refractivity contribution is 0.0601. The van der Waals surface area contributed by atoms with Crippen molar-refractivity contribution in [3.63, 3.8) is 0 Å². The standard InChI is InChI=1S/C8H10N2O2S/c1-5(10-9)7-3-6(4-13-7)8(11)12-2/h3-4H,9H2,1-2H3/b10-5+. The van der Waals surface area contributed by atoms with Gasteiger partial charge in [0.25, 0.3) is 0 Å². The molecule has 5 heteroatoms. The van der Waals surface area contributed by atoms with Crippen molar-refractivity contribution in [2.45, 2.75) is 6.92 Å². The van der Waals surface area contributed by atoms with E-state index in [1.807, 2.05) is 0 Å². The highest BCUT2D eigenvalue weighted by Gasteiger charge is 2.09. The number of hydrazone groups is 1. The molecule has 0 atom stereocenters. The molecule has 0 saturated carbocycles. The average molecular weight is 198 g/mol. The molecule has 2 N–H and O–H groups in total. The smallest absolute Gasteiger partial charge is 0.338 e. The Bertz CT molecular complexity index is 344. The maximum Gasteiger partial charge on any atom is 0.338 e. The van der Waals surface area contributed by atoms with Crippen LogP contribution in [0.15, 0.2) is 16.5 Å². The van der Waals surface area contributed by atoms with Gasteiger partial charge >= 0.3 is 5.97 Å². The minimum absolute atomic E-state index is 0.340. The number of esters is 1. The number of ether oxygens (including phenoxy) is 1. The number of carbonyl (C=O) groups is 1. The zero-order valence-corrected chi connectivity index (χ0v) is 8.22. The van der Waals surface area contributed by atoms with Crippen LogP contribution in [0.4, 0.5) is 0 Å². The summed E-state index contributed by atoms with van der Waals surface area (Å²) in [5, 5.41) is 5.25. The Morgan fingerprint density at radius 1 is 1.69 bits per heavy atom. The Kier molecular flexibility index (Phi) is 3.02. The fourth-order valence-corrected chi connectivity index (χ4v) is 1.65. The molecule has 1 aromatic heterocycles. The number of methoxy groups -OCH3 is 1. The third-order valence-corrected chi connectivity index (χ3v) is 2.61. The van der Waals surface area contributed by atoms with Crippen molar-refractivity contribution in [3.05, 3.63) is 21.9 Å². The summed E-state index contributed by atoms with van der Waals surface area (Å²) in [4.78, 5) is 11.9. The zero-order valence-electron chi connectivity index (χ0n) is 7.40. The number of hydrogen-bond donors (Lipinski definition) is 1. The summed E-state index contributed by atoms with van der Waals surface area (Å²) in [6.45, 7) is 1.78. The van der Waals surface area contributed by atoms with Crippen LogP contribution in [0.3, 0.4) is 0 Å². The number of nitrogens with zero attached hydrogens (tertiary/aromatic N) is 1. The number of carbonyl (C=O) groups excluding carboxylic acids is 1. The van der Waals surface area contributed by atoms with Crippen molar-refractivity contribution < 1.29 is 9.53 Å². The first kappa shape index (κ1) is 9.73. The van der Waals surface area contributed by atoms with Crippen LogP contribution in [0, 0.1) is 0 Å². The molecular formula is C8H10N2O2S. The number of thiophene rings is 1. The molecule has 1 rings (SSSR count). The predicted octanol–water partition coefficient (Wildman–Crippen LogP) is 1.22. The molecule has 1 heterocycles. The molecule has 13 heavy (non-hydrogen) atoms. The molecule has 0 fully saturated rings. The second-order valence-corrected chi connectivity index (χ2v) is 3.32. The van der Waals surface area contributed by atoms with Gasteiger partial charge in [-0.15, -0.1) is 11.3 Å². The van der Waals surface area contributed by atoms with E-state index in [9.17, 15) is 4.79 Å². The number of hydrogen-bond acceptors (Lipinski definition) is 5. The topological polar surface area (TPSA) is 64.7 Å². The molecule has 0 bridgehead atoms. The van der Waals surface area contributed by atoms with Gasteiger partial charge in [0.05, 0.1) is 23.3 Å². The van der Waals surface area contributed by atoms with Crippen molar-refractivity contribution in [2.75, 3.05) is 7.11 Å². The predicted molar refractivity (Wildman–Crippen MR) is 52.1 cm³/mol. The van der Waals surface area contributed by atoms with E-state index >= 15 is 0 Å². The van der Waals surface area contributed by atoms with Gasteiger partial charge in [0.1, 0.15) is 0 Å². The second kappa shape index (κ2) is 4.04. The van der Waals surface area contributed by atoms with Gasteiger partial charge in [0, 0.05) is 5.38 Å². The van der Waals surface area contributed by atoms with Crippen molar-refractivity contribution in [3.8, 4) is 0 Å². The lowest BCUT2D eigenvalue weighted by Gasteiger charge is -1.92. The molecule has 0 aliphatic heterocycles. The first-order valence-electron chi connectivity index (χ1n) is 3.60. The fraction of sp³-hybridized carbons (Fsp3) is 0.250. The largest absolute Gasteiger partial charge is 0.465 e. The van der Waals surface area contributed by atoms with E-state index in [-0.39, 0.29) is 5.97 Å². The first-order chi connectivity index (χ1) is 6.19. The fourth-order valence-electron chi connectivity index (χ4n) is 0.814. The van der Waals surface area contributed by atoms with Crippen molar-refractivity contribution in [2.24, 2.45) is 10.9 Å². The van der Waals surface area contributed by atoms with Gasteiger partial charge in [-0.3, -0.25) is 0 Å². The van der Waals surface area contributed by atoms with Gasteiger partial charge in [-0.05, 0) is 13.0 Å². The number of nitrogens with two attached hydrogens (primary N) is 1. The molecule has 1 aromatic rings. The second-order valence-electron chi connectivity index (χ2n) is 2.41. The molecule has 70 valence electrons. The van der Waals surface area contributed by atoms with E-state index in [1.54, 1.807) is 18.4 Å². The quantitative estimate of drug-likeness (QED) is 0.336. The van der Waals surface area contributed by atoms with Crippen LogP contribution in [0.1, 0.15) is 22.2 Å². The highest BCUT2D eigenvalue weighted by molar-refractivity contribution is 7.12. The van der Waals surface area contributed by atoms with E-state index < -0.39 is 0 Å². The molecule has 0 amide bonds. The van der Waals surface area contributed by atoms with Gasteiger partial charge in [-0.25, -0.2) is 4.79 Å². The molecule has 0 saturated heterocycles. The first-order valence-corrected chi connectivity index (χ1v) is 4.48. The van der Waals surface area contributed by atoms with Gasteiger partial charge < -0.3 is 10.6 Å². The van der Waals surface area contributed by atoms with Crippen LogP contribution in [0.25, 0.3) is 0 Å². The molecule has 0 aromatic carbocycles. The molecule has 4 nitrogen and oxygen atoms in total. The highest BCUT2D eigenvalue weighted by Crippen LogP contribution is 2.16. The van der Waals surface area contributed by atoms with Crippen molar-refractivity contribution >= 4 is 23.0 Å². The van der Waals surface area contributed by atoms with E-state index in [0.717, 1.165) is 4.88 Å². The van der Waals surface area contributed by atoms with E-state index in [1.165, 1.54) is 18.4 Å². The third kappa shape index (κ3) is 2.06. The van der Waals surface area contributed by atoms with Crippen LogP contribution in [-0.2, 0) is 4.74 Å². The highest BCUT2D eigenvalue weighted by atomic mass is 32.1. The molecule has 0 aliphatic rings. The Morgan fingerprint density at radius 3 is 2.92 bits per heavy atom. The van der Waals surface area contributed by atoms with Crippen LogP contribution in [0.2, 0.25) is 0 Å². The summed E-state index contributed by atoms with van der Waals surface area (Å²) in [7, 11) is 1.35. The lowest BCUT2D eigenvalue weighted by Crippen LogP contribution is -1.99. The zero-order chi connectivity index (χ0) is 9.84. The minimum Gasteiger partial charge on any atom is -0.465 e. The SMILES string of the molecule is COC(=O)c1csc(/C(C)=N/N)c1. The molecule has 0 unspecified atom stereocenters. The Hall–Kier alpha value is -1.36. The maximum atomic E-state index is 11.1. The summed E-state index contributed by atoms with van der Waals surface area (Å²) in [5.74, 6) is 4.76. The van der Waals surface area contributed by atoms with Crippen LogP contribution in [0.5, 0.6) is 0 Å². The van der Waals surface area contributed by atoms with Crippen LogP contribution >= 0.6 is 11.3 Å². The van der Waals surface area contributed by atoms with Gasteiger partial charge in [-0.2, -0.15) is 5.10 Å². The van der Waals surface area contributed by atoms with Crippen LogP contribution in [-0.4, -0.2) is 18.8 Å². The Morgan fingerprint density at radius 2 is 2.38 bits per heavy atom. The third-order valence-electron chi connectivity index (χ3n) is 1.57. The summed E-state index contributed by atoms with van der Waals surface area (Å²) < 4.78 is 4.56. The normalized spacial score (nSPS) is 11.4. The maximum absolute atomic E-state index is 11.1. The van der Waals surface area contributed by atoms with Gasteiger partial charge in [0.2, 0.25) is 0 Å². The summed E-state index contributed by atoms with van der Waals surface area (Å²) in [5.41, 5.74) is 1.24. The van der Waals surface area contributed by atoms with E-state index in [4.69, 9.17) is 5.84 Å². The molecule has 0 aliphatic carbocycles. The molecule has 0 spiro atoms. The average Bonchev–Trinajstić information content (AvgIpc) is 2.64. The molecular weight excluding hydrogens is 188 g/mol. The van der Waals surface area contributed by atoms with Gasteiger partial charge in [-0.1, -0.05) is 0 Å². The monoisotopic (exact) mass is 198 g/mol. The van der Waals surface area contributed by atoms with E-state index in [0.29, 0.717) is 11.3 Å². The summed E-state index contributed by atoms with van der Waals surface area (Å²) in [6.07, 6.45) is 0.